The van der Waals surface area contributed by atoms with Crippen molar-refractivity contribution in [1.29, 1.82) is 0 Å². The van der Waals surface area contributed by atoms with Gasteiger partial charge in [0.2, 0.25) is 11.1 Å². The van der Waals surface area contributed by atoms with E-state index in [0.29, 0.717) is 17.0 Å². The highest BCUT2D eigenvalue weighted by atomic mass is 32.2. The van der Waals surface area contributed by atoms with Crippen LogP contribution >= 0.6 is 11.8 Å². The van der Waals surface area contributed by atoms with Gasteiger partial charge in [-0.25, -0.2) is 4.98 Å². The Hall–Kier alpha value is -1.04. The number of aromatic amines is 1. The predicted molar refractivity (Wildman–Crippen MR) is 76.1 cm³/mol. The number of aryl methyl sites for hydroxylation is 1. The van der Waals surface area contributed by atoms with Crippen LogP contribution in [-0.2, 0) is 4.79 Å². The second-order valence-corrected chi connectivity index (χ2v) is 6.04. The number of carbonyl (C=O) groups is 1. The Balaban J connectivity index is 1.70. The molecule has 1 aliphatic carbocycles. The molecule has 1 aliphatic rings. The van der Waals surface area contributed by atoms with Crippen LogP contribution < -0.4 is 5.32 Å². The first-order chi connectivity index (χ1) is 9.24. The third-order valence-corrected chi connectivity index (χ3v) is 4.23. The minimum Gasteiger partial charge on any atom is -0.353 e. The fourth-order valence-electron chi connectivity index (χ4n) is 2.39. The molecule has 0 atom stereocenters. The average molecular weight is 282 g/mol. The summed E-state index contributed by atoms with van der Waals surface area (Å²) >= 11 is 1.38. The van der Waals surface area contributed by atoms with Crippen molar-refractivity contribution in [1.82, 2.24) is 20.5 Å². The van der Waals surface area contributed by atoms with E-state index in [9.17, 15) is 4.79 Å². The van der Waals surface area contributed by atoms with Gasteiger partial charge in [-0.2, -0.15) is 0 Å². The molecule has 19 heavy (non-hydrogen) atoms. The maximum atomic E-state index is 11.9. The van der Waals surface area contributed by atoms with Gasteiger partial charge in [-0.15, -0.1) is 5.10 Å². The Morgan fingerprint density at radius 3 is 2.63 bits per heavy atom. The monoisotopic (exact) mass is 282 g/mol. The molecule has 1 aromatic heterocycles. The minimum absolute atomic E-state index is 0.0954. The number of amides is 1. The number of carbonyl (C=O) groups excluding carboxylic acids is 1. The van der Waals surface area contributed by atoms with E-state index in [1.807, 2.05) is 6.92 Å². The van der Waals surface area contributed by atoms with Crippen LogP contribution in [0.4, 0.5) is 0 Å². The zero-order valence-electron chi connectivity index (χ0n) is 11.4. The van der Waals surface area contributed by atoms with Crippen LogP contribution in [-0.4, -0.2) is 32.9 Å². The van der Waals surface area contributed by atoms with Crippen LogP contribution in [0.3, 0.4) is 0 Å². The van der Waals surface area contributed by atoms with E-state index in [-0.39, 0.29) is 5.91 Å². The van der Waals surface area contributed by atoms with E-state index >= 15 is 0 Å². The third-order valence-electron chi connectivity index (χ3n) is 3.38. The van der Waals surface area contributed by atoms with Crippen molar-refractivity contribution >= 4 is 17.7 Å². The Morgan fingerprint density at radius 2 is 2.00 bits per heavy atom. The van der Waals surface area contributed by atoms with Crippen LogP contribution in [0.2, 0.25) is 0 Å². The maximum absolute atomic E-state index is 11.9. The van der Waals surface area contributed by atoms with Crippen LogP contribution in [0.1, 0.15) is 50.8 Å². The van der Waals surface area contributed by atoms with Gasteiger partial charge in [0.25, 0.3) is 0 Å². The van der Waals surface area contributed by atoms with Crippen molar-refractivity contribution < 1.29 is 4.79 Å². The number of H-pyrrole nitrogens is 1. The number of nitrogens with zero attached hydrogens (tertiary/aromatic N) is 2. The molecule has 0 spiro atoms. The van der Waals surface area contributed by atoms with E-state index < -0.39 is 0 Å². The zero-order chi connectivity index (χ0) is 13.5. The highest BCUT2D eigenvalue weighted by molar-refractivity contribution is 7.99. The van der Waals surface area contributed by atoms with Crippen LogP contribution in [0.15, 0.2) is 5.16 Å². The van der Waals surface area contributed by atoms with E-state index in [4.69, 9.17) is 0 Å². The van der Waals surface area contributed by atoms with Gasteiger partial charge in [-0.05, 0) is 19.8 Å². The molecule has 1 amide bonds. The SMILES string of the molecule is Cc1nc(SCC(=O)NC2CCCCCCC2)n[nH]1. The minimum atomic E-state index is 0.0954. The van der Waals surface area contributed by atoms with Crippen LogP contribution in [0, 0.1) is 6.92 Å². The van der Waals surface area contributed by atoms with Gasteiger partial charge >= 0.3 is 0 Å². The number of hydrogen-bond donors (Lipinski definition) is 2. The summed E-state index contributed by atoms with van der Waals surface area (Å²) in [7, 11) is 0. The third kappa shape index (κ3) is 5.22. The summed E-state index contributed by atoms with van der Waals surface area (Å²) in [6.07, 6.45) is 8.67. The molecule has 0 unspecified atom stereocenters. The van der Waals surface area contributed by atoms with Crippen molar-refractivity contribution in [3.63, 3.8) is 0 Å². The van der Waals surface area contributed by atoms with Crippen molar-refractivity contribution in [2.24, 2.45) is 0 Å². The lowest BCUT2D eigenvalue weighted by Crippen LogP contribution is -2.36. The van der Waals surface area contributed by atoms with E-state index in [2.05, 4.69) is 20.5 Å². The summed E-state index contributed by atoms with van der Waals surface area (Å²) in [5, 5.41) is 10.6. The summed E-state index contributed by atoms with van der Waals surface area (Å²) in [6.45, 7) is 1.85. The van der Waals surface area contributed by atoms with Gasteiger partial charge in [-0.1, -0.05) is 43.9 Å². The van der Waals surface area contributed by atoms with E-state index in [1.165, 1.54) is 43.9 Å². The number of rotatable bonds is 4. The van der Waals surface area contributed by atoms with Crippen molar-refractivity contribution in [2.75, 3.05) is 5.75 Å². The standard InChI is InChI=1S/C13H22N4OS/c1-10-14-13(17-16-10)19-9-12(18)15-11-7-5-3-2-4-6-8-11/h11H,2-9H2,1H3,(H,15,18)(H,14,16,17). The number of thioether (sulfide) groups is 1. The molecule has 1 saturated carbocycles. The van der Waals surface area contributed by atoms with E-state index in [1.54, 1.807) is 0 Å². The summed E-state index contributed by atoms with van der Waals surface area (Å²) in [4.78, 5) is 16.1. The van der Waals surface area contributed by atoms with Gasteiger partial charge in [0.05, 0.1) is 5.75 Å². The fraction of sp³-hybridized carbons (Fsp3) is 0.769. The smallest absolute Gasteiger partial charge is 0.230 e. The summed E-state index contributed by atoms with van der Waals surface area (Å²) in [5.41, 5.74) is 0. The first-order valence-electron chi connectivity index (χ1n) is 7.05. The second kappa shape index (κ2) is 7.53. The number of nitrogens with one attached hydrogen (secondary N) is 2. The molecule has 106 valence electrons. The molecule has 0 aliphatic heterocycles. The largest absolute Gasteiger partial charge is 0.353 e. The molecular weight excluding hydrogens is 260 g/mol. The fourth-order valence-corrected chi connectivity index (χ4v) is 3.04. The normalized spacial score (nSPS) is 17.7. The van der Waals surface area contributed by atoms with Gasteiger partial charge in [0, 0.05) is 6.04 Å². The Bertz CT molecular complexity index is 399. The molecule has 1 heterocycles. The lowest BCUT2D eigenvalue weighted by molar-refractivity contribution is -0.119. The quantitative estimate of drug-likeness (QED) is 0.832. The highest BCUT2D eigenvalue weighted by Crippen LogP contribution is 2.17. The first-order valence-corrected chi connectivity index (χ1v) is 8.04. The first kappa shape index (κ1) is 14.4. The highest BCUT2D eigenvalue weighted by Gasteiger charge is 2.14. The predicted octanol–water partition coefficient (Wildman–Crippen LogP) is 2.43. The van der Waals surface area contributed by atoms with Crippen molar-refractivity contribution in [3.8, 4) is 0 Å². The van der Waals surface area contributed by atoms with E-state index in [0.717, 1.165) is 18.7 Å². The number of aromatic nitrogens is 3. The zero-order valence-corrected chi connectivity index (χ0v) is 12.3. The van der Waals surface area contributed by atoms with Crippen LogP contribution in [0.5, 0.6) is 0 Å². The average Bonchev–Trinajstić information content (AvgIpc) is 2.76. The lowest BCUT2D eigenvalue weighted by atomic mass is 9.97. The Morgan fingerprint density at radius 1 is 1.32 bits per heavy atom. The van der Waals surface area contributed by atoms with Crippen LogP contribution in [0.25, 0.3) is 0 Å². The molecule has 2 rings (SSSR count). The summed E-state index contributed by atoms with van der Waals surface area (Å²) < 4.78 is 0. The Kier molecular flexibility index (Phi) is 5.69. The molecule has 0 aromatic carbocycles. The van der Waals surface area contributed by atoms with Gasteiger partial charge in [0.15, 0.2) is 0 Å². The van der Waals surface area contributed by atoms with Gasteiger partial charge < -0.3 is 5.32 Å². The number of hydrogen-bond acceptors (Lipinski definition) is 4. The topological polar surface area (TPSA) is 70.7 Å². The molecule has 0 saturated heterocycles. The molecule has 0 radical (unpaired) electrons. The van der Waals surface area contributed by atoms with Crippen molar-refractivity contribution in [2.45, 2.75) is 63.1 Å². The Labute approximate surface area is 118 Å². The summed E-state index contributed by atoms with van der Waals surface area (Å²) in [6, 6.07) is 0.363. The van der Waals surface area contributed by atoms with Gasteiger partial charge in [-0.3, -0.25) is 9.89 Å². The molecule has 2 N–H and O–H groups in total. The molecule has 1 aromatic rings. The second-order valence-electron chi connectivity index (χ2n) is 5.10. The van der Waals surface area contributed by atoms with Gasteiger partial charge in [0.1, 0.15) is 5.82 Å². The maximum Gasteiger partial charge on any atom is 0.230 e. The molecule has 5 nitrogen and oxygen atoms in total. The molecule has 6 heteroatoms. The van der Waals surface area contributed by atoms with Crippen molar-refractivity contribution in [3.05, 3.63) is 5.82 Å². The molecular formula is C13H22N4OS. The molecule has 0 bridgehead atoms. The molecule has 1 fully saturated rings. The lowest BCUT2D eigenvalue weighted by Gasteiger charge is -2.20. The summed E-state index contributed by atoms with van der Waals surface area (Å²) in [5.74, 6) is 1.27.